The highest BCUT2D eigenvalue weighted by Gasteiger charge is 2.30. The molecule has 13 heavy (non-hydrogen) atoms. The summed E-state index contributed by atoms with van der Waals surface area (Å²) in [6.07, 6.45) is 0. The van der Waals surface area contributed by atoms with E-state index < -0.39 is 0 Å². The zero-order valence-corrected chi connectivity index (χ0v) is 9.38. The number of piperazine rings is 1. The van der Waals surface area contributed by atoms with E-state index in [1.165, 1.54) is 0 Å². The molecule has 0 aliphatic carbocycles. The maximum Gasteiger partial charge on any atom is 0.0277 e. The Balaban J connectivity index is 2.46. The molecule has 1 aliphatic heterocycles. The zero-order chi connectivity index (χ0) is 10.1. The zero-order valence-electron chi connectivity index (χ0n) is 9.38. The van der Waals surface area contributed by atoms with E-state index >= 15 is 0 Å². The standard InChI is InChI=1S/C10H23N3/c1-9(11)7-13-6-5-12(4)10(2,3)8-13/h9H,5-8,11H2,1-4H3/t9-/m1/s1. The minimum Gasteiger partial charge on any atom is -0.327 e. The van der Waals surface area contributed by atoms with Crippen molar-refractivity contribution >= 4 is 0 Å². The molecule has 0 aromatic carbocycles. The first-order valence-corrected chi connectivity index (χ1v) is 5.11. The first kappa shape index (κ1) is 11.0. The molecule has 0 unspecified atom stereocenters. The van der Waals surface area contributed by atoms with Gasteiger partial charge in [-0.15, -0.1) is 0 Å². The van der Waals surface area contributed by atoms with Crippen LogP contribution in [0.3, 0.4) is 0 Å². The van der Waals surface area contributed by atoms with Crippen molar-refractivity contribution in [2.24, 2.45) is 5.73 Å². The summed E-state index contributed by atoms with van der Waals surface area (Å²) < 4.78 is 0. The molecular formula is C10H23N3. The van der Waals surface area contributed by atoms with E-state index in [9.17, 15) is 0 Å². The molecule has 3 nitrogen and oxygen atoms in total. The Morgan fingerprint density at radius 2 is 2.00 bits per heavy atom. The summed E-state index contributed by atoms with van der Waals surface area (Å²) in [5, 5.41) is 0. The van der Waals surface area contributed by atoms with Crippen molar-refractivity contribution in [2.45, 2.75) is 32.4 Å². The highest BCUT2D eigenvalue weighted by molar-refractivity contribution is 4.88. The van der Waals surface area contributed by atoms with Gasteiger partial charge in [-0.2, -0.15) is 0 Å². The molecule has 0 spiro atoms. The summed E-state index contributed by atoms with van der Waals surface area (Å²) in [5.74, 6) is 0. The second kappa shape index (κ2) is 3.95. The fourth-order valence-corrected chi connectivity index (χ4v) is 1.90. The van der Waals surface area contributed by atoms with E-state index in [0.717, 1.165) is 26.2 Å². The highest BCUT2D eigenvalue weighted by atomic mass is 15.3. The summed E-state index contributed by atoms with van der Waals surface area (Å²) in [6, 6.07) is 0.291. The first-order chi connectivity index (χ1) is 5.92. The second-order valence-electron chi connectivity index (χ2n) is 4.95. The van der Waals surface area contributed by atoms with E-state index in [0.29, 0.717) is 11.6 Å². The van der Waals surface area contributed by atoms with Crippen LogP contribution in [0.25, 0.3) is 0 Å². The molecule has 3 heteroatoms. The third-order valence-corrected chi connectivity index (χ3v) is 2.94. The van der Waals surface area contributed by atoms with E-state index in [-0.39, 0.29) is 0 Å². The van der Waals surface area contributed by atoms with E-state index in [1.807, 2.05) is 0 Å². The molecule has 1 aliphatic rings. The van der Waals surface area contributed by atoms with E-state index in [1.54, 1.807) is 0 Å². The Morgan fingerprint density at radius 1 is 1.38 bits per heavy atom. The van der Waals surface area contributed by atoms with Crippen molar-refractivity contribution in [2.75, 3.05) is 33.2 Å². The van der Waals surface area contributed by atoms with Crippen LogP contribution in [0.1, 0.15) is 20.8 Å². The monoisotopic (exact) mass is 185 g/mol. The van der Waals surface area contributed by atoms with Crippen molar-refractivity contribution in [1.29, 1.82) is 0 Å². The van der Waals surface area contributed by atoms with Gasteiger partial charge in [0.25, 0.3) is 0 Å². The molecule has 1 rings (SSSR count). The second-order valence-corrected chi connectivity index (χ2v) is 4.95. The van der Waals surface area contributed by atoms with E-state index in [4.69, 9.17) is 5.73 Å². The molecule has 2 N–H and O–H groups in total. The van der Waals surface area contributed by atoms with Crippen LogP contribution < -0.4 is 5.73 Å². The van der Waals surface area contributed by atoms with Crippen LogP contribution in [0, 0.1) is 0 Å². The SMILES string of the molecule is C[C@@H](N)CN1CCN(C)C(C)(C)C1. The van der Waals surface area contributed by atoms with Gasteiger partial charge in [-0.1, -0.05) is 0 Å². The lowest BCUT2D eigenvalue weighted by atomic mass is 9.99. The number of nitrogens with two attached hydrogens (primary N) is 1. The molecule has 1 fully saturated rings. The number of hydrogen-bond acceptors (Lipinski definition) is 3. The van der Waals surface area contributed by atoms with Crippen LogP contribution in [0.2, 0.25) is 0 Å². The molecular weight excluding hydrogens is 162 g/mol. The summed E-state index contributed by atoms with van der Waals surface area (Å²) in [4.78, 5) is 4.88. The lowest BCUT2D eigenvalue weighted by Crippen LogP contribution is -2.58. The van der Waals surface area contributed by atoms with Crippen LogP contribution in [0.15, 0.2) is 0 Å². The van der Waals surface area contributed by atoms with Crippen molar-refractivity contribution in [3.05, 3.63) is 0 Å². The minimum atomic E-state index is 0.291. The normalized spacial score (nSPS) is 27.5. The molecule has 1 heterocycles. The first-order valence-electron chi connectivity index (χ1n) is 5.11. The molecule has 0 aromatic rings. The van der Waals surface area contributed by atoms with Gasteiger partial charge in [-0.3, -0.25) is 9.80 Å². The van der Waals surface area contributed by atoms with Crippen LogP contribution in [0.4, 0.5) is 0 Å². The van der Waals surface area contributed by atoms with Gasteiger partial charge in [0.1, 0.15) is 0 Å². The summed E-state index contributed by atoms with van der Waals surface area (Å²) in [5.41, 5.74) is 6.09. The largest absolute Gasteiger partial charge is 0.327 e. The average Bonchev–Trinajstić information content (AvgIpc) is 1.95. The Morgan fingerprint density at radius 3 is 2.46 bits per heavy atom. The smallest absolute Gasteiger partial charge is 0.0277 e. The number of likely N-dealkylation sites (N-methyl/N-ethyl adjacent to an activating group) is 1. The molecule has 0 bridgehead atoms. The van der Waals surface area contributed by atoms with Gasteiger partial charge in [0, 0.05) is 37.8 Å². The van der Waals surface area contributed by atoms with Crippen LogP contribution >= 0.6 is 0 Å². The van der Waals surface area contributed by atoms with Gasteiger partial charge in [-0.25, -0.2) is 0 Å². The fraction of sp³-hybridized carbons (Fsp3) is 1.00. The molecule has 1 atom stereocenters. The molecule has 0 saturated carbocycles. The predicted octanol–water partition coefficient (Wildman–Crippen LogP) is 0.360. The lowest BCUT2D eigenvalue weighted by Gasteiger charge is -2.45. The van der Waals surface area contributed by atoms with Crippen LogP contribution in [-0.2, 0) is 0 Å². The summed E-state index contributed by atoms with van der Waals surface area (Å²) in [6.45, 7) is 11.1. The van der Waals surface area contributed by atoms with Crippen molar-refractivity contribution in [1.82, 2.24) is 9.80 Å². The van der Waals surface area contributed by atoms with E-state index in [2.05, 4.69) is 37.6 Å². The van der Waals surface area contributed by atoms with Crippen molar-refractivity contribution < 1.29 is 0 Å². The Labute approximate surface area is 81.9 Å². The molecule has 1 saturated heterocycles. The summed E-state index contributed by atoms with van der Waals surface area (Å²) in [7, 11) is 2.20. The molecule has 0 aromatic heterocycles. The van der Waals surface area contributed by atoms with Crippen LogP contribution in [0.5, 0.6) is 0 Å². The van der Waals surface area contributed by atoms with Gasteiger partial charge in [-0.05, 0) is 27.8 Å². The fourth-order valence-electron chi connectivity index (χ4n) is 1.90. The molecule has 0 radical (unpaired) electrons. The predicted molar refractivity (Wildman–Crippen MR) is 56.8 cm³/mol. The summed E-state index contributed by atoms with van der Waals surface area (Å²) >= 11 is 0. The van der Waals surface area contributed by atoms with Gasteiger partial charge in [0.2, 0.25) is 0 Å². The number of nitrogens with zero attached hydrogens (tertiary/aromatic N) is 2. The Kier molecular flexibility index (Phi) is 3.33. The van der Waals surface area contributed by atoms with Crippen molar-refractivity contribution in [3.63, 3.8) is 0 Å². The lowest BCUT2D eigenvalue weighted by molar-refractivity contribution is 0.0380. The maximum absolute atomic E-state index is 5.79. The third kappa shape index (κ3) is 2.93. The Hall–Kier alpha value is -0.120. The highest BCUT2D eigenvalue weighted by Crippen LogP contribution is 2.18. The number of hydrogen-bond donors (Lipinski definition) is 1. The quantitative estimate of drug-likeness (QED) is 0.674. The van der Waals surface area contributed by atoms with Crippen molar-refractivity contribution in [3.8, 4) is 0 Å². The molecule has 0 amide bonds. The third-order valence-electron chi connectivity index (χ3n) is 2.94. The van der Waals surface area contributed by atoms with Gasteiger partial charge in [0.05, 0.1) is 0 Å². The van der Waals surface area contributed by atoms with Gasteiger partial charge >= 0.3 is 0 Å². The minimum absolute atomic E-state index is 0.291. The van der Waals surface area contributed by atoms with Gasteiger partial charge in [0.15, 0.2) is 0 Å². The average molecular weight is 185 g/mol. The molecule has 78 valence electrons. The maximum atomic E-state index is 5.79. The van der Waals surface area contributed by atoms with Gasteiger partial charge < -0.3 is 5.73 Å². The van der Waals surface area contributed by atoms with Crippen LogP contribution in [-0.4, -0.2) is 54.6 Å². The Bertz CT molecular complexity index is 166. The number of rotatable bonds is 2. The topological polar surface area (TPSA) is 32.5 Å².